The number of hydrogen-bond donors (Lipinski definition) is 2. The maximum atomic E-state index is 13.4. The fourth-order valence-electron chi connectivity index (χ4n) is 1.35. The van der Waals surface area contributed by atoms with E-state index >= 15 is 0 Å². The van der Waals surface area contributed by atoms with Crippen molar-refractivity contribution in [3.8, 4) is 0 Å². The highest BCUT2D eigenvalue weighted by Crippen LogP contribution is 2.27. The Labute approximate surface area is 88.5 Å². The lowest BCUT2D eigenvalue weighted by Gasteiger charge is -2.11. The highest BCUT2D eigenvalue weighted by molar-refractivity contribution is 5.68. The average molecular weight is 214 g/mol. The number of benzene rings is 1. The summed E-state index contributed by atoms with van der Waals surface area (Å²) in [7, 11) is 0. The number of aryl methyl sites for hydroxylation is 1. The van der Waals surface area contributed by atoms with Gasteiger partial charge in [-0.05, 0) is 25.0 Å². The van der Waals surface area contributed by atoms with Gasteiger partial charge in [0.15, 0.2) is 11.6 Å². The monoisotopic (exact) mass is 214 g/mol. The van der Waals surface area contributed by atoms with E-state index in [4.69, 9.17) is 5.73 Å². The number of rotatable bonds is 4. The molecule has 0 amide bonds. The molecule has 0 saturated heterocycles. The molecule has 0 aromatic heterocycles. The highest BCUT2D eigenvalue weighted by atomic mass is 19.2. The predicted molar refractivity (Wildman–Crippen MR) is 58.9 cm³/mol. The molecule has 15 heavy (non-hydrogen) atoms. The summed E-state index contributed by atoms with van der Waals surface area (Å²) >= 11 is 0. The average Bonchev–Trinajstić information content (AvgIpc) is 2.20. The van der Waals surface area contributed by atoms with Crippen molar-refractivity contribution in [3.63, 3.8) is 0 Å². The Bertz CT molecular complexity index is 351. The van der Waals surface area contributed by atoms with E-state index < -0.39 is 11.6 Å². The van der Waals surface area contributed by atoms with Gasteiger partial charge in [-0.1, -0.05) is 13.3 Å². The Hall–Kier alpha value is -1.32. The molecule has 0 radical (unpaired) electrons. The molecule has 0 saturated carbocycles. The lowest BCUT2D eigenvalue weighted by molar-refractivity contribution is 0.506. The lowest BCUT2D eigenvalue weighted by atomic mass is 10.1. The summed E-state index contributed by atoms with van der Waals surface area (Å²) in [5.74, 6) is -1.72. The summed E-state index contributed by atoms with van der Waals surface area (Å²) < 4.78 is 26.6. The second kappa shape index (κ2) is 4.96. The van der Waals surface area contributed by atoms with Crippen LogP contribution >= 0.6 is 0 Å². The number of nitrogens with one attached hydrogen (secondary N) is 1. The Balaban J connectivity index is 2.92. The molecule has 1 aromatic rings. The molecule has 0 heterocycles. The van der Waals surface area contributed by atoms with Crippen molar-refractivity contribution >= 4 is 11.4 Å². The van der Waals surface area contributed by atoms with Gasteiger partial charge in [-0.15, -0.1) is 0 Å². The SMILES string of the molecule is CCCCNc1c(N)cc(C)c(F)c1F. The van der Waals surface area contributed by atoms with Gasteiger partial charge in [0.1, 0.15) is 0 Å². The first-order valence-electron chi connectivity index (χ1n) is 5.05. The largest absolute Gasteiger partial charge is 0.397 e. The minimum Gasteiger partial charge on any atom is -0.397 e. The molecule has 84 valence electrons. The summed E-state index contributed by atoms with van der Waals surface area (Å²) in [6.45, 7) is 4.11. The summed E-state index contributed by atoms with van der Waals surface area (Å²) in [4.78, 5) is 0. The molecule has 0 bridgehead atoms. The van der Waals surface area contributed by atoms with Crippen LogP contribution in [0.15, 0.2) is 6.07 Å². The summed E-state index contributed by atoms with van der Waals surface area (Å²) in [5, 5.41) is 2.81. The van der Waals surface area contributed by atoms with Crippen molar-refractivity contribution in [2.24, 2.45) is 0 Å². The van der Waals surface area contributed by atoms with E-state index in [0.717, 1.165) is 12.8 Å². The minimum atomic E-state index is -0.886. The zero-order valence-electron chi connectivity index (χ0n) is 9.03. The van der Waals surface area contributed by atoms with Crippen LogP contribution < -0.4 is 11.1 Å². The van der Waals surface area contributed by atoms with Crippen LogP contribution in [-0.4, -0.2) is 6.54 Å². The molecule has 0 unspecified atom stereocenters. The number of anilines is 2. The Kier molecular flexibility index (Phi) is 3.88. The minimum absolute atomic E-state index is 0.0755. The summed E-state index contributed by atoms with van der Waals surface area (Å²) in [6, 6.07) is 1.44. The molecule has 0 fully saturated rings. The van der Waals surface area contributed by atoms with Crippen LogP contribution in [0.25, 0.3) is 0 Å². The van der Waals surface area contributed by atoms with Gasteiger partial charge >= 0.3 is 0 Å². The molecule has 0 atom stereocenters. The molecule has 4 heteroatoms. The molecular formula is C11H16F2N2. The highest BCUT2D eigenvalue weighted by Gasteiger charge is 2.14. The molecule has 3 N–H and O–H groups in total. The summed E-state index contributed by atoms with van der Waals surface area (Å²) in [5.41, 5.74) is 6.16. The number of unbranched alkanes of at least 4 members (excludes halogenated alkanes) is 1. The van der Waals surface area contributed by atoms with E-state index in [1.807, 2.05) is 6.92 Å². The molecule has 1 rings (SSSR count). The molecule has 2 nitrogen and oxygen atoms in total. The van der Waals surface area contributed by atoms with Crippen LogP contribution in [0.2, 0.25) is 0 Å². The third kappa shape index (κ3) is 2.58. The molecule has 0 aliphatic carbocycles. The van der Waals surface area contributed by atoms with Gasteiger partial charge in [-0.2, -0.15) is 0 Å². The lowest BCUT2D eigenvalue weighted by Crippen LogP contribution is -2.08. The van der Waals surface area contributed by atoms with E-state index in [-0.39, 0.29) is 16.9 Å². The topological polar surface area (TPSA) is 38.0 Å². The van der Waals surface area contributed by atoms with Gasteiger partial charge < -0.3 is 11.1 Å². The molecule has 0 aliphatic rings. The van der Waals surface area contributed by atoms with E-state index in [9.17, 15) is 8.78 Å². The molecular weight excluding hydrogens is 198 g/mol. The maximum absolute atomic E-state index is 13.4. The van der Waals surface area contributed by atoms with Crippen LogP contribution in [0.5, 0.6) is 0 Å². The zero-order chi connectivity index (χ0) is 11.4. The van der Waals surface area contributed by atoms with Gasteiger partial charge in [-0.3, -0.25) is 0 Å². The van der Waals surface area contributed by atoms with Crippen LogP contribution in [0.1, 0.15) is 25.3 Å². The fraction of sp³-hybridized carbons (Fsp3) is 0.455. The van der Waals surface area contributed by atoms with Crippen molar-refractivity contribution < 1.29 is 8.78 Å². The van der Waals surface area contributed by atoms with Crippen molar-refractivity contribution in [3.05, 3.63) is 23.3 Å². The van der Waals surface area contributed by atoms with Crippen molar-refractivity contribution in [1.82, 2.24) is 0 Å². The number of hydrogen-bond acceptors (Lipinski definition) is 2. The van der Waals surface area contributed by atoms with E-state index in [0.29, 0.717) is 6.54 Å². The van der Waals surface area contributed by atoms with Gasteiger partial charge in [-0.25, -0.2) is 8.78 Å². The van der Waals surface area contributed by atoms with Crippen molar-refractivity contribution in [2.45, 2.75) is 26.7 Å². The second-order valence-electron chi connectivity index (χ2n) is 3.57. The predicted octanol–water partition coefficient (Wildman–Crippen LogP) is 3.07. The molecule has 0 spiro atoms. The van der Waals surface area contributed by atoms with E-state index in [1.54, 1.807) is 0 Å². The number of halogens is 2. The van der Waals surface area contributed by atoms with Crippen LogP contribution in [0.4, 0.5) is 20.2 Å². The molecule has 1 aromatic carbocycles. The van der Waals surface area contributed by atoms with Crippen LogP contribution in [0.3, 0.4) is 0 Å². The summed E-state index contributed by atoms with van der Waals surface area (Å²) in [6.07, 6.45) is 1.89. The van der Waals surface area contributed by atoms with Crippen LogP contribution in [-0.2, 0) is 0 Å². The standard InChI is InChI=1S/C11H16F2N2/c1-3-4-5-15-11-8(14)6-7(2)9(12)10(11)13/h6,15H,3-5,14H2,1-2H3. The number of nitrogens with two attached hydrogens (primary N) is 1. The Morgan fingerprint density at radius 3 is 2.60 bits per heavy atom. The fourth-order valence-corrected chi connectivity index (χ4v) is 1.35. The van der Waals surface area contributed by atoms with Crippen molar-refractivity contribution in [1.29, 1.82) is 0 Å². The van der Waals surface area contributed by atoms with E-state index in [2.05, 4.69) is 5.32 Å². The first kappa shape index (κ1) is 11.8. The van der Waals surface area contributed by atoms with Crippen molar-refractivity contribution in [2.75, 3.05) is 17.6 Å². The quantitative estimate of drug-likeness (QED) is 0.597. The van der Waals surface area contributed by atoms with Gasteiger partial charge in [0.25, 0.3) is 0 Å². The number of nitrogen functional groups attached to an aromatic ring is 1. The third-order valence-electron chi connectivity index (χ3n) is 2.25. The smallest absolute Gasteiger partial charge is 0.184 e. The van der Waals surface area contributed by atoms with Gasteiger partial charge in [0, 0.05) is 6.54 Å². The Morgan fingerprint density at radius 1 is 1.33 bits per heavy atom. The normalized spacial score (nSPS) is 10.4. The first-order chi connectivity index (χ1) is 7.07. The first-order valence-corrected chi connectivity index (χ1v) is 5.05. The molecule has 0 aliphatic heterocycles. The van der Waals surface area contributed by atoms with Gasteiger partial charge in [0.05, 0.1) is 11.4 Å². The van der Waals surface area contributed by atoms with Crippen LogP contribution in [0, 0.1) is 18.6 Å². The van der Waals surface area contributed by atoms with Gasteiger partial charge in [0.2, 0.25) is 0 Å². The maximum Gasteiger partial charge on any atom is 0.184 e. The zero-order valence-corrected chi connectivity index (χ0v) is 9.03. The second-order valence-corrected chi connectivity index (χ2v) is 3.57. The van der Waals surface area contributed by atoms with E-state index in [1.165, 1.54) is 13.0 Å². The Morgan fingerprint density at radius 2 is 2.00 bits per heavy atom. The third-order valence-corrected chi connectivity index (χ3v) is 2.25.